The van der Waals surface area contributed by atoms with Gasteiger partial charge in [-0.1, -0.05) is 18.2 Å². The second-order valence-electron chi connectivity index (χ2n) is 4.99. The van der Waals surface area contributed by atoms with E-state index in [9.17, 15) is 13.2 Å². The SMILES string of the molecule is COC(=O)Cn1nc2c(c1C)N(C)S(=O)(=O)c1ccccc1-2. The van der Waals surface area contributed by atoms with Crippen molar-refractivity contribution in [2.75, 3.05) is 18.5 Å². The molecule has 3 rings (SSSR count). The van der Waals surface area contributed by atoms with Crippen molar-refractivity contribution < 1.29 is 17.9 Å². The number of carbonyl (C=O) groups excluding carboxylic acids is 1. The Morgan fingerprint density at radius 1 is 1.32 bits per heavy atom. The molecule has 0 saturated carbocycles. The number of benzene rings is 1. The molecular formula is C14H15N3O4S. The fourth-order valence-electron chi connectivity index (χ4n) is 2.59. The number of anilines is 1. The highest BCUT2D eigenvalue weighted by molar-refractivity contribution is 7.93. The molecule has 0 N–H and O–H groups in total. The van der Waals surface area contributed by atoms with Gasteiger partial charge >= 0.3 is 5.97 Å². The summed E-state index contributed by atoms with van der Waals surface area (Å²) in [7, 11) is -0.828. The lowest BCUT2D eigenvalue weighted by Gasteiger charge is -2.26. The van der Waals surface area contributed by atoms with E-state index < -0.39 is 16.0 Å². The molecular weight excluding hydrogens is 306 g/mol. The number of sulfonamides is 1. The first-order valence-electron chi connectivity index (χ1n) is 6.60. The molecule has 0 saturated heterocycles. The van der Waals surface area contributed by atoms with E-state index in [0.717, 1.165) is 0 Å². The normalized spacial score (nSPS) is 15.1. The summed E-state index contributed by atoms with van der Waals surface area (Å²) in [5.41, 5.74) is 2.18. The third-order valence-corrected chi connectivity index (χ3v) is 5.59. The van der Waals surface area contributed by atoms with Crippen LogP contribution >= 0.6 is 0 Å². The lowest BCUT2D eigenvalue weighted by atomic mass is 10.1. The Hall–Kier alpha value is -2.35. The van der Waals surface area contributed by atoms with Crippen LogP contribution in [0.4, 0.5) is 5.69 Å². The molecule has 1 aromatic carbocycles. The fraction of sp³-hybridized carbons (Fsp3) is 0.286. The highest BCUT2D eigenvalue weighted by Crippen LogP contribution is 2.43. The zero-order valence-corrected chi connectivity index (χ0v) is 13.2. The summed E-state index contributed by atoms with van der Waals surface area (Å²) in [6, 6.07) is 6.71. The monoisotopic (exact) mass is 321 g/mol. The molecule has 0 unspecified atom stereocenters. The highest BCUT2D eigenvalue weighted by Gasteiger charge is 2.36. The first kappa shape index (κ1) is 14.6. The lowest BCUT2D eigenvalue weighted by Crippen LogP contribution is -2.30. The van der Waals surface area contributed by atoms with Crippen LogP contribution in [0, 0.1) is 6.92 Å². The van der Waals surface area contributed by atoms with Gasteiger partial charge in [-0.2, -0.15) is 5.10 Å². The molecule has 2 aromatic rings. The van der Waals surface area contributed by atoms with Crippen molar-refractivity contribution in [3.63, 3.8) is 0 Å². The molecule has 1 aliphatic heterocycles. The minimum Gasteiger partial charge on any atom is -0.468 e. The van der Waals surface area contributed by atoms with E-state index >= 15 is 0 Å². The molecule has 0 bridgehead atoms. The molecule has 1 aromatic heterocycles. The molecule has 0 fully saturated rings. The van der Waals surface area contributed by atoms with Crippen molar-refractivity contribution in [2.24, 2.45) is 0 Å². The Morgan fingerprint density at radius 2 is 2.00 bits per heavy atom. The maximum Gasteiger partial charge on any atom is 0.327 e. The van der Waals surface area contributed by atoms with Crippen LogP contribution < -0.4 is 4.31 Å². The van der Waals surface area contributed by atoms with E-state index in [-0.39, 0.29) is 11.4 Å². The van der Waals surface area contributed by atoms with Gasteiger partial charge in [0, 0.05) is 12.6 Å². The van der Waals surface area contributed by atoms with Crippen LogP contribution in [0.2, 0.25) is 0 Å². The number of fused-ring (bicyclic) bond motifs is 3. The number of hydrogen-bond acceptors (Lipinski definition) is 5. The zero-order valence-electron chi connectivity index (χ0n) is 12.4. The van der Waals surface area contributed by atoms with Crippen LogP contribution in [0.5, 0.6) is 0 Å². The van der Waals surface area contributed by atoms with Crippen molar-refractivity contribution in [2.45, 2.75) is 18.4 Å². The maximum absolute atomic E-state index is 12.6. The van der Waals surface area contributed by atoms with E-state index in [1.807, 2.05) is 0 Å². The maximum atomic E-state index is 12.6. The number of aromatic nitrogens is 2. The average molecular weight is 321 g/mol. The topological polar surface area (TPSA) is 81.5 Å². The van der Waals surface area contributed by atoms with Crippen LogP contribution in [0.25, 0.3) is 11.3 Å². The van der Waals surface area contributed by atoms with E-state index in [1.165, 1.54) is 23.1 Å². The Labute approximate surface area is 128 Å². The third-order valence-electron chi connectivity index (χ3n) is 3.78. The number of nitrogens with zero attached hydrogens (tertiary/aromatic N) is 3. The number of esters is 1. The van der Waals surface area contributed by atoms with Crippen molar-refractivity contribution in [1.82, 2.24) is 9.78 Å². The summed E-state index contributed by atoms with van der Waals surface area (Å²) in [5.74, 6) is -0.443. The number of carbonyl (C=O) groups is 1. The Morgan fingerprint density at radius 3 is 2.68 bits per heavy atom. The van der Waals surface area contributed by atoms with Gasteiger partial charge in [-0.15, -0.1) is 0 Å². The fourth-order valence-corrected chi connectivity index (χ4v) is 4.04. The molecule has 22 heavy (non-hydrogen) atoms. The number of ether oxygens (including phenoxy) is 1. The summed E-state index contributed by atoms with van der Waals surface area (Å²) in [4.78, 5) is 11.7. The number of methoxy groups -OCH3 is 1. The first-order chi connectivity index (χ1) is 10.4. The summed E-state index contributed by atoms with van der Waals surface area (Å²) in [6.07, 6.45) is 0. The standard InChI is InChI=1S/C14H15N3O4S/c1-9-14-13(15-17(9)8-12(18)21-3)10-6-4-5-7-11(10)22(19,20)16(14)2/h4-7H,8H2,1-3H3. The largest absolute Gasteiger partial charge is 0.468 e. The van der Waals surface area contributed by atoms with Crippen LogP contribution in [0.3, 0.4) is 0 Å². The number of hydrogen-bond donors (Lipinski definition) is 0. The highest BCUT2D eigenvalue weighted by atomic mass is 32.2. The second kappa shape index (κ2) is 4.84. The Balaban J connectivity index is 2.26. The average Bonchev–Trinajstić information content (AvgIpc) is 2.82. The van der Waals surface area contributed by atoms with Gasteiger partial charge in [0.25, 0.3) is 10.0 Å². The molecule has 0 spiro atoms. The van der Waals surface area contributed by atoms with Crippen LogP contribution in [-0.2, 0) is 26.1 Å². The summed E-state index contributed by atoms with van der Waals surface area (Å²) in [6.45, 7) is 1.67. The molecule has 8 heteroatoms. The summed E-state index contributed by atoms with van der Waals surface area (Å²) >= 11 is 0. The minimum atomic E-state index is -3.61. The van der Waals surface area contributed by atoms with Gasteiger partial charge in [-0.05, 0) is 13.0 Å². The van der Waals surface area contributed by atoms with Gasteiger partial charge in [0.15, 0.2) is 0 Å². The predicted molar refractivity (Wildman–Crippen MR) is 80.0 cm³/mol. The van der Waals surface area contributed by atoms with Crippen molar-refractivity contribution >= 4 is 21.7 Å². The molecule has 0 aliphatic carbocycles. The van der Waals surface area contributed by atoms with E-state index in [0.29, 0.717) is 22.6 Å². The molecule has 0 radical (unpaired) electrons. The summed E-state index contributed by atoms with van der Waals surface area (Å²) < 4.78 is 32.5. The predicted octanol–water partition coefficient (Wildman–Crippen LogP) is 1.17. The molecule has 2 heterocycles. The minimum absolute atomic E-state index is 0.0641. The summed E-state index contributed by atoms with van der Waals surface area (Å²) in [5, 5.41) is 4.41. The molecule has 0 atom stereocenters. The van der Waals surface area contributed by atoms with Gasteiger partial charge in [-0.3, -0.25) is 13.8 Å². The number of rotatable bonds is 2. The van der Waals surface area contributed by atoms with Crippen molar-refractivity contribution in [3.05, 3.63) is 30.0 Å². The van der Waals surface area contributed by atoms with Crippen LogP contribution in [-0.4, -0.2) is 38.3 Å². The third kappa shape index (κ3) is 1.91. The van der Waals surface area contributed by atoms with Gasteiger partial charge in [0.05, 0.1) is 17.7 Å². The Kier molecular flexibility index (Phi) is 3.21. The van der Waals surface area contributed by atoms with Gasteiger partial charge in [0.1, 0.15) is 17.9 Å². The second-order valence-corrected chi connectivity index (χ2v) is 6.92. The van der Waals surface area contributed by atoms with Gasteiger partial charge in [-0.25, -0.2) is 8.42 Å². The molecule has 0 amide bonds. The van der Waals surface area contributed by atoms with Gasteiger partial charge in [0.2, 0.25) is 0 Å². The quantitative estimate of drug-likeness (QED) is 0.776. The van der Waals surface area contributed by atoms with E-state index in [2.05, 4.69) is 9.84 Å². The Bertz CT molecular complexity index is 870. The van der Waals surface area contributed by atoms with Gasteiger partial charge < -0.3 is 4.74 Å². The first-order valence-corrected chi connectivity index (χ1v) is 8.04. The van der Waals surface area contributed by atoms with Crippen molar-refractivity contribution in [3.8, 4) is 11.3 Å². The lowest BCUT2D eigenvalue weighted by molar-refractivity contribution is -0.141. The van der Waals surface area contributed by atoms with Crippen molar-refractivity contribution in [1.29, 1.82) is 0 Å². The van der Waals surface area contributed by atoms with Crippen LogP contribution in [0.15, 0.2) is 29.2 Å². The van der Waals surface area contributed by atoms with E-state index in [4.69, 9.17) is 0 Å². The zero-order chi connectivity index (χ0) is 16.1. The smallest absolute Gasteiger partial charge is 0.327 e. The van der Waals surface area contributed by atoms with E-state index in [1.54, 1.807) is 31.2 Å². The van der Waals surface area contributed by atoms with Crippen LogP contribution in [0.1, 0.15) is 5.69 Å². The molecule has 1 aliphatic rings. The molecule has 116 valence electrons. The molecule has 7 nitrogen and oxygen atoms in total.